The molecule has 0 radical (unpaired) electrons. The van der Waals surface area contributed by atoms with Gasteiger partial charge in [-0.25, -0.2) is 9.78 Å². The van der Waals surface area contributed by atoms with Crippen LogP contribution in [0.1, 0.15) is 80.1 Å². The van der Waals surface area contributed by atoms with Gasteiger partial charge in [-0.05, 0) is 96.2 Å². The molecule has 4 bridgehead atoms. The van der Waals surface area contributed by atoms with Gasteiger partial charge in [0.25, 0.3) is 0 Å². The van der Waals surface area contributed by atoms with Crippen molar-refractivity contribution in [3.8, 4) is 11.1 Å². The molecule has 5 aromatic rings. The molecule has 5 aliphatic rings. The number of carbonyl (C=O) groups is 1. The van der Waals surface area contributed by atoms with E-state index in [4.69, 9.17) is 9.47 Å². The Kier molecular flexibility index (Phi) is 8.85. The van der Waals surface area contributed by atoms with Gasteiger partial charge in [-0.2, -0.15) is 0 Å². The standard InChI is InChI=1S/C44H48N4O4/c1-28-40(25-48-27-46-38-8-4-5-9-39(38)48)51-42(52-41(28)34-12-10-29(26-49)11-13-34)35-16-14-33(15-17-35)37-7-3-2-6-36(37)24-45-43(50)47-44-21-30-18-31(22-44)20-32(19-30)23-44/h2-17,27-28,30-32,40-42,49H,18-26H2,1H3,(H2,45,47,50)/t28-,30?,31?,32?,40+,41+,42+,44?/m0/s1. The highest BCUT2D eigenvalue weighted by atomic mass is 16.7. The van der Waals surface area contributed by atoms with E-state index in [1.54, 1.807) is 0 Å². The Balaban J connectivity index is 0.922. The number of benzene rings is 4. The zero-order chi connectivity index (χ0) is 35.2. The molecule has 10 rings (SSSR count). The molecule has 0 unspecified atom stereocenters. The fourth-order valence-corrected chi connectivity index (χ4v) is 10.2. The summed E-state index contributed by atoms with van der Waals surface area (Å²) in [6.07, 6.45) is 8.46. The number of nitrogens with one attached hydrogen (secondary N) is 2. The maximum absolute atomic E-state index is 13.3. The van der Waals surface area contributed by atoms with E-state index >= 15 is 0 Å². The number of imidazole rings is 1. The van der Waals surface area contributed by atoms with Crippen molar-refractivity contribution >= 4 is 17.1 Å². The van der Waals surface area contributed by atoms with Crippen molar-refractivity contribution in [2.24, 2.45) is 23.7 Å². The van der Waals surface area contributed by atoms with Crippen LogP contribution >= 0.6 is 0 Å². The average molecular weight is 697 g/mol. The number of nitrogens with zero attached hydrogens (tertiary/aromatic N) is 2. The van der Waals surface area contributed by atoms with Crippen molar-refractivity contribution < 1.29 is 19.4 Å². The fraction of sp³-hybridized carbons (Fsp3) is 0.409. The van der Waals surface area contributed by atoms with Gasteiger partial charge in [0.2, 0.25) is 0 Å². The van der Waals surface area contributed by atoms with Gasteiger partial charge >= 0.3 is 6.03 Å². The van der Waals surface area contributed by atoms with Gasteiger partial charge in [-0.3, -0.25) is 0 Å². The number of rotatable bonds is 9. The van der Waals surface area contributed by atoms with Gasteiger partial charge in [0.15, 0.2) is 6.29 Å². The van der Waals surface area contributed by atoms with Crippen LogP contribution in [0.25, 0.3) is 22.2 Å². The van der Waals surface area contributed by atoms with E-state index in [-0.39, 0.29) is 36.3 Å². The van der Waals surface area contributed by atoms with Gasteiger partial charge in [0.05, 0.1) is 42.7 Å². The maximum Gasteiger partial charge on any atom is 0.315 e. The SMILES string of the molecule is C[C@H]1[C@@H](Cn2cnc3ccccc32)O[C@@H](c2ccc(-c3ccccc3CNC(=O)NC34CC5CC(CC(C5)C3)C4)cc2)O[C@H]1c1ccc(CO)cc1. The number of fused-ring (bicyclic) bond motifs is 1. The minimum absolute atomic E-state index is 0.00397. The molecular weight excluding hydrogens is 649 g/mol. The Labute approximate surface area is 305 Å². The van der Waals surface area contributed by atoms with Gasteiger partial charge in [0.1, 0.15) is 0 Å². The average Bonchev–Trinajstić information content (AvgIpc) is 3.57. The number of carbonyl (C=O) groups excluding carboxylic acids is 1. The molecule has 8 nitrogen and oxygen atoms in total. The molecule has 2 heterocycles. The van der Waals surface area contributed by atoms with Crippen LogP contribution in [0.2, 0.25) is 0 Å². The minimum atomic E-state index is -0.572. The quantitative estimate of drug-likeness (QED) is 0.144. The van der Waals surface area contributed by atoms with Crippen LogP contribution in [0.4, 0.5) is 4.79 Å². The number of amides is 2. The highest BCUT2D eigenvalue weighted by Gasteiger charge is 2.51. The third-order valence-corrected chi connectivity index (χ3v) is 12.4. The molecule has 52 heavy (non-hydrogen) atoms. The normalized spacial score (nSPS) is 29.3. The first-order chi connectivity index (χ1) is 25.4. The van der Waals surface area contributed by atoms with Crippen LogP contribution in [-0.2, 0) is 29.2 Å². The minimum Gasteiger partial charge on any atom is -0.392 e. The maximum atomic E-state index is 13.3. The lowest BCUT2D eigenvalue weighted by molar-refractivity contribution is -0.276. The second-order valence-corrected chi connectivity index (χ2v) is 16.0. The molecule has 5 fully saturated rings. The highest BCUT2D eigenvalue weighted by Crippen LogP contribution is 2.55. The molecule has 0 spiro atoms. The lowest BCUT2D eigenvalue weighted by Gasteiger charge is -2.56. The van der Waals surface area contributed by atoms with E-state index in [0.717, 1.165) is 81.4 Å². The topological polar surface area (TPSA) is 97.6 Å². The number of aliphatic hydroxyl groups is 1. The first-order valence-corrected chi connectivity index (χ1v) is 19.1. The molecule has 4 saturated carbocycles. The summed E-state index contributed by atoms with van der Waals surface area (Å²) in [7, 11) is 0. The number of aliphatic hydroxyl groups excluding tert-OH is 1. The predicted molar refractivity (Wildman–Crippen MR) is 201 cm³/mol. The largest absolute Gasteiger partial charge is 0.392 e. The monoisotopic (exact) mass is 696 g/mol. The Morgan fingerprint density at radius 3 is 2.25 bits per heavy atom. The molecule has 4 aliphatic carbocycles. The molecule has 3 N–H and O–H groups in total. The fourth-order valence-electron chi connectivity index (χ4n) is 10.2. The number of hydrogen-bond acceptors (Lipinski definition) is 5. The van der Waals surface area contributed by atoms with Crippen LogP contribution in [0, 0.1) is 23.7 Å². The third-order valence-electron chi connectivity index (χ3n) is 12.4. The Morgan fingerprint density at radius 1 is 0.846 bits per heavy atom. The molecular formula is C44H48N4O4. The van der Waals surface area contributed by atoms with Gasteiger partial charge in [-0.15, -0.1) is 0 Å². The van der Waals surface area contributed by atoms with E-state index in [9.17, 15) is 9.90 Å². The number of aromatic nitrogens is 2. The van der Waals surface area contributed by atoms with Crippen LogP contribution in [0.15, 0.2) is 103 Å². The smallest absolute Gasteiger partial charge is 0.315 e. The molecule has 1 aromatic heterocycles. The summed E-state index contributed by atoms with van der Waals surface area (Å²) < 4.78 is 15.7. The molecule has 4 atom stereocenters. The first kappa shape index (κ1) is 33.3. The number of urea groups is 1. The predicted octanol–water partition coefficient (Wildman–Crippen LogP) is 8.46. The van der Waals surface area contributed by atoms with Crippen molar-refractivity contribution in [3.05, 3.63) is 126 Å². The Morgan fingerprint density at radius 2 is 1.52 bits per heavy atom. The van der Waals surface area contributed by atoms with Crippen molar-refractivity contribution in [1.29, 1.82) is 0 Å². The van der Waals surface area contributed by atoms with Crippen LogP contribution < -0.4 is 10.6 Å². The second kappa shape index (κ2) is 13.8. The summed E-state index contributed by atoms with van der Waals surface area (Å²) >= 11 is 0. The summed E-state index contributed by atoms with van der Waals surface area (Å²) in [6.45, 7) is 3.29. The molecule has 268 valence electrons. The van der Waals surface area contributed by atoms with Crippen molar-refractivity contribution in [3.63, 3.8) is 0 Å². The van der Waals surface area contributed by atoms with Crippen molar-refractivity contribution in [2.45, 2.75) is 89.2 Å². The summed E-state index contributed by atoms with van der Waals surface area (Å²) in [6, 6.07) is 32.9. The second-order valence-electron chi connectivity index (χ2n) is 16.0. The lowest BCUT2D eigenvalue weighted by Crippen LogP contribution is -2.61. The van der Waals surface area contributed by atoms with Gasteiger partial charge < -0.3 is 29.8 Å². The van der Waals surface area contributed by atoms with E-state index < -0.39 is 6.29 Å². The lowest BCUT2D eigenvalue weighted by atomic mass is 9.53. The summed E-state index contributed by atoms with van der Waals surface area (Å²) in [5.74, 6) is 2.41. The van der Waals surface area contributed by atoms with Crippen LogP contribution in [0.3, 0.4) is 0 Å². The number of ether oxygens (including phenoxy) is 2. The van der Waals surface area contributed by atoms with E-state index in [2.05, 4.69) is 81.7 Å². The number of hydrogen-bond donors (Lipinski definition) is 3. The van der Waals surface area contributed by atoms with Gasteiger partial charge in [-0.1, -0.05) is 91.9 Å². The zero-order valence-corrected chi connectivity index (χ0v) is 29.8. The summed E-state index contributed by atoms with van der Waals surface area (Å²) in [5.41, 5.74) is 8.14. The van der Waals surface area contributed by atoms with E-state index in [0.29, 0.717) is 13.1 Å². The number of para-hydroxylation sites is 2. The van der Waals surface area contributed by atoms with E-state index in [1.165, 1.54) is 19.3 Å². The summed E-state index contributed by atoms with van der Waals surface area (Å²) in [4.78, 5) is 17.9. The van der Waals surface area contributed by atoms with Crippen LogP contribution in [0.5, 0.6) is 0 Å². The Hall–Kier alpha value is -4.50. The van der Waals surface area contributed by atoms with E-state index in [1.807, 2.05) is 48.8 Å². The molecule has 2 amide bonds. The first-order valence-electron chi connectivity index (χ1n) is 19.1. The molecule has 8 heteroatoms. The van der Waals surface area contributed by atoms with Gasteiger partial charge in [0, 0.05) is 23.6 Å². The third kappa shape index (κ3) is 6.53. The van der Waals surface area contributed by atoms with Crippen molar-refractivity contribution in [1.82, 2.24) is 20.2 Å². The molecule has 4 aromatic carbocycles. The van der Waals surface area contributed by atoms with Crippen molar-refractivity contribution in [2.75, 3.05) is 0 Å². The zero-order valence-electron chi connectivity index (χ0n) is 29.8. The summed E-state index contributed by atoms with van der Waals surface area (Å²) in [5, 5.41) is 16.3. The Bertz CT molecular complexity index is 2000. The molecule has 1 saturated heterocycles. The van der Waals surface area contributed by atoms with Crippen LogP contribution in [-0.4, -0.2) is 32.3 Å². The highest BCUT2D eigenvalue weighted by molar-refractivity contribution is 5.76. The molecule has 1 aliphatic heterocycles.